The largest absolute Gasteiger partial charge is 0.309 e. The number of rotatable bonds is 5. The van der Waals surface area contributed by atoms with Gasteiger partial charge in [0.2, 0.25) is 0 Å². The molecule has 62 heavy (non-hydrogen) atoms. The lowest BCUT2D eigenvalue weighted by atomic mass is 10.1. The Morgan fingerprint density at radius 3 is 1.02 bits per heavy atom. The molecule has 0 aliphatic rings. The molecule has 13 aromatic rings. The molecule has 0 spiro atoms. The Morgan fingerprint density at radius 1 is 0.306 bits per heavy atom. The molecule has 294 valence electrons. The van der Waals surface area contributed by atoms with Crippen LogP contribution in [0.5, 0.6) is 0 Å². The van der Waals surface area contributed by atoms with Gasteiger partial charge >= 0.3 is 0 Å². The van der Waals surface area contributed by atoms with E-state index in [0.29, 0.717) is 11.0 Å². The van der Waals surface area contributed by atoms with E-state index in [-0.39, 0.29) is 4.90 Å². The predicted octanol–water partition coefficient (Wildman–Crippen LogP) is 13.6. The second-order valence-electron chi connectivity index (χ2n) is 16.3. The fourth-order valence-corrected chi connectivity index (χ4v) is 11.6. The molecule has 7 heteroatoms. The standard InChI is InChI=1S/C55H36N4O2S/c1-35-22-27-39(28-23-35)62(60,61)59-54-21-11-6-16-44(54)47-34-38(26-31-55(47)59)58-51-20-10-5-15-43(51)46-33-37(25-30-53(46)58)57-50-19-9-4-14-42(50)45-32-36(24-29-52(45)57)56-48-17-7-2-12-40(48)41-13-3-8-18-49(41)56/h2-34H,1H3. The van der Waals surface area contributed by atoms with E-state index in [4.69, 9.17) is 0 Å². The zero-order valence-electron chi connectivity index (χ0n) is 33.6. The number of hydrogen-bond acceptors (Lipinski definition) is 2. The fourth-order valence-electron chi connectivity index (χ4n) is 10.1. The van der Waals surface area contributed by atoms with Crippen LogP contribution in [0.3, 0.4) is 0 Å². The van der Waals surface area contributed by atoms with Crippen molar-refractivity contribution in [2.75, 3.05) is 0 Å². The minimum absolute atomic E-state index is 0.264. The molecule has 0 radical (unpaired) electrons. The smallest absolute Gasteiger partial charge is 0.268 e. The number of hydrogen-bond donors (Lipinski definition) is 0. The molecule has 9 aromatic carbocycles. The molecule has 4 aromatic heterocycles. The topological polar surface area (TPSA) is 53.9 Å². The van der Waals surface area contributed by atoms with Crippen LogP contribution in [-0.2, 0) is 10.0 Å². The minimum Gasteiger partial charge on any atom is -0.309 e. The van der Waals surface area contributed by atoms with Gasteiger partial charge in [0.25, 0.3) is 10.0 Å². The van der Waals surface area contributed by atoms with Crippen molar-refractivity contribution in [3.63, 3.8) is 0 Å². The maximum atomic E-state index is 14.3. The zero-order valence-corrected chi connectivity index (χ0v) is 34.4. The van der Waals surface area contributed by atoms with Crippen molar-refractivity contribution in [1.82, 2.24) is 17.7 Å². The van der Waals surface area contributed by atoms with Gasteiger partial charge in [-0.1, -0.05) is 109 Å². The van der Waals surface area contributed by atoms with E-state index in [1.807, 2.05) is 55.5 Å². The van der Waals surface area contributed by atoms with Gasteiger partial charge in [-0.05, 0) is 104 Å². The van der Waals surface area contributed by atoms with E-state index in [1.54, 1.807) is 12.1 Å². The van der Waals surface area contributed by atoms with Crippen LogP contribution in [0.1, 0.15) is 5.56 Å². The normalized spacial score (nSPS) is 12.4. The summed E-state index contributed by atoms with van der Waals surface area (Å²) in [4.78, 5) is 0.264. The third-order valence-corrected chi connectivity index (χ3v) is 14.6. The van der Waals surface area contributed by atoms with Gasteiger partial charge in [-0.25, -0.2) is 12.4 Å². The highest BCUT2D eigenvalue weighted by atomic mass is 32.2. The van der Waals surface area contributed by atoms with E-state index in [9.17, 15) is 8.42 Å². The van der Waals surface area contributed by atoms with Gasteiger partial charge in [-0.15, -0.1) is 0 Å². The first-order valence-corrected chi connectivity index (χ1v) is 22.3. The summed E-state index contributed by atoms with van der Waals surface area (Å²) in [5.41, 5.74) is 12.3. The van der Waals surface area contributed by atoms with Crippen molar-refractivity contribution in [2.24, 2.45) is 0 Å². The van der Waals surface area contributed by atoms with Crippen LogP contribution >= 0.6 is 0 Å². The van der Waals surface area contributed by atoms with Crippen LogP contribution in [0.15, 0.2) is 205 Å². The van der Waals surface area contributed by atoms with Crippen molar-refractivity contribution < 1.29 is 8.42 Å². The Morgan fingerprint density at radius 2 is 0.597 bits per heavy atom. The first-order chi connectivity index (χ1) is 30.4. The van der Waals surface area contributed by atoms with Crippen LogP contribution in [0.2, 0.25) is 0 Å². The van der Waals surface area contributed by atoms with Crippen molar-refractivity contribution >= 4 is 97.2 Å². The summed E-state index contributed by atoms with van der Waals surface area (Å²) < 4.78 is 37.2. The quantitative estimate of drug-likeness (QED) is 0.174. The van der Waals surface area contributed by atoms with Gasteiger partial charge in [0.05, 0.1) is 49.0 Å². The number of benzene rings is 9. The number of aryl methyl sites for hydroxylation is 1. The van der Waals surface area contributed by atoms with Crippen LogP contribution in [-0.4, -0.2) is 26.1 Å². The summed E-state index contributed by atoms with van der Waals surface area (Å²) in [6.45, 7) is 1.96. The first kappa shape index (κ1) is 34.9. The molecule has 0 saturated carbocycles. The molecule has 0 aliphatic heterocycles. The molecule has 0 amide bonds. The molecule has 0 saturated heterocycles. The maximum absolute atomic E-state index is 14.3. The SMILES string of the molecule is Cc1ccc(S(=O)(=O)n2c3ccccc3c3cc(-n4c5ccccc5c5cc(-n6c7ccccc7c7cc(-n8c9ccccc9c9ccccc98)ccc76)ccc54)ccc32)cc1. The lowest BCUT2D eigenvalue weighted by molar-refractivity contribution is 0.590. The molecule has 0 aliphatic carbocycles. The number of aromatic nitrogens is 4. The van der Waals surface area contributed by atoms with Crippen molar-refractivity contribution in [1.29, 1.82) is 0 Å². The van der Waals surface area contributed by atoms with Gasteiger partial charge in [0, 0.05) is 60.2 Å². The second kappa shape index (κ2) is 12.8. The Balaban J connectivity index is 0.999. The molecule has 4 heterocycles. The summed E-state index contributed by atoms with van der Waals surface area (Å²) >= 11 is 0. The van der Waals surface area contributed by atoms with Crippen LogP contribution in [0, 0.1) is 6.92 Å². The third-order valence-electron chi connectivity index (χ3n) is 12.8. The molecule has 13 rings (SSSR count). The lowest BCUT2D eigenvalue weighted by Crippen LogP contribution is -2.12. The van der Waals surface area contributed by atoms with Crippen molar-refractivity contribution in [3.05, 3.63) is 206 Å². The lowest BCUT2D eigenvalue weighted by Gasteiger charge is -2.12. The average molecular weight is 817 g/mol. The summed E-state index contributed by atoms with van der Waals surface area (Å²) in [7, 11) is -3.88. The summed E-state index contributed by atoms with van der Waals surface area (Å²) in [6, 6.07) is 69.2. The summed E-state index contributed by atoms with van der Waals surface area (Å²) in [5.74, 6) is 0. The zero-order chi connectivity index (χ0) is 41.3. The van der Waals surface area contributed by atoms with E-state index in [2.05, 4.69) is 153 Å². The number of nitrogens with zero attached hydrogens (tertiary/aromatic N) is 4. The average Bonchev–Trinajstić information content (AvgIpc) is 4.04. The van der Waals surface area contributed by atoms with Gasteiger partial charge < -0.3 is 13.7 Å². The van der Waals surface area contributed by atoms with E-state index in [0.717, 1.165) is 66.2 Å². The van der Waals surface area contributed by atoms with Crippen LogP contribution in [0.4, 0.5) is 0 Å². The molecule has 0 N–H and O–H groups in total. The van der Waals surface area contributed by atoms with Gasteiger partial charge in [0.15, 0.2) is 0 Å². The Bertz CT molecular complexity index is 4070. The summed E-state index contributed by atoms with van der Waals surface area (Å²) in [6.07, 6.45) is 0. The van der Waals surface area contributed by atoms with Gasteiger partial charge in [-0.2, -0.15) is 0 Å². The predicted molar refractivity (Wildman–Crippen MR) is 256 cm³/mol. The third kappa shape index (κ3) is 4.82. The van der Waals surface area contributed by atoms with E-state index in [1.165, 1.54) is 36.6 Å². The van der Waals surface area contributed by atoms with E-state index < -0.39 is 10.0 Å². The van der Waals surface area contributed by atoms with Crippen molar-refractivity contribution in [3.8, 4) is 17.1 Å². The Labute approximate surface area is 356 Å². The number of fused-ring (bicyclic) bond motifs is 12. The number of para-hydroxylation sites is 5. The highest BCUT2D eigenvalue weighted by Gasteiger charge is 2.25. The molecule has 0 fully saturated rings. The molecule has 0 unspecified atom stereocenters. The first-order valence-electron chi connectivity index (χ1n) is 20.9. The van der Waals surface area contributed by atoms with Gasteiger partial charge in [0.1, 0.15) is 0 Å². The molecule has 0 atom stereocenters. The Hall–Kier alpha value is -7.87. The fraction of sp³-hybridized carbons (Fsp3) is 0.0182. The molecular formula is C55H36N4O2S. The highest BCUT2D eigenvalue weighted by molar-refractivity contribution is 7.90. The van der Waals surface area contributed by atoms with Crippen LogP contribution < -0.4 is 0 Å². The van der Waals surface area contributed by atoms with Crippen molar-refractivity contribution in [2.45, 2.75) is 11.8 Å². The minimum atomic E-state index is -3.88. The van der Waals surface area contributed by atoms with E-state index >= 15 is 0 Å². The second-order valence-corrected chi connectivity index (χ2v) is 18.1. The monoisotopic (exact) mass is 816 g/mol. The summed E-state index contributed by atoms with van der Waals surface area (Å²) in [5, 5.41) is 8.92. The Kier molecular flexibility index (Phi) is 7.22. The molecule has 6 nitrogen and oxygen atoms in total. The molecule has 0 bridgehead atoms. The highest BCUT2D eigenvalue weighted by Crippen LogP contribution is 2.41. The maximum Gasteiger partial charge on any atom is 0.268 e. The molecular weight excluding hydrogens is 781 g/mol. The van der Waals surface area contributed by atoms with Gasteiger partial charge in [-0.3, -0.25) is 0 Å². The van der Waals surface area contributed by atoms with Crippen LogP contribution in [0.25, 0.3) is 104 Å².